The van der Waals surface area contributed by atoms with Crippen molar-refractivity contribution in [2.75, 3.05) is 0 Å². The van der Waals surface area contributed by atoms with Gasteiger partial charge in [-0.1, -0.05) is 13.3 Å². The van der Waals surface area contributed by atoms with E-state index in [1.54, 1.807) is 0 Å². The van der Waals surface area contributed by atoms with Crippen molar-refractivity contribution in [1.82, 2.24) is 0 Å². The molecule has 2 N–H and O–H groups in total. The predicted molar refractivity (Wildman–Crippen MR) is 54.8 cm³/mol. The van der Waals surface area contributed by atoms with Crippen LogP contribution in [0.15, 0.2) is 0 Å². The first-order chi connectivity index (χ1) is 6.07. The van der Waals surface area contributed by atoms with Crippen molar-refractivity contribution >= 4 is 24.3 Å². The van der Waals surface area contributed by atoms with Crippen molar-refractivity contribution < 1.29 is 19.8 Å². The molecule has 1 atom stereocenters. The maximum atomic E-state index is 10.5. The van der Waals surface area contributed by atoms with E-state index in [2.05, 4.69) is 0 Å². The van der Waals surface area contributed by atoms with Gasteiger partial charge < -0.3 is 10.2 Å². The molecule has 0 heterocycles. The molecule has 0 saturated heterocycles. The summed E-state index contributed by atoms with van der Waals surface area (Å²) in [4.78, 5) is 20.7. The molecule has 0 saturated carbocycles. The van der Waals surface area contributed by atoms with Gasteiger partial charge in [-0.3, -0.25) is 9.59 Å². The summed E-state index contributed by atoms with van der Waals surface area (Å²) in [6, 6.07) is 0. The van der Waals surface area contributed by atoms with Gasteiger partial charge in [-0.15, -0.1) is 12.4 Å². The Morgan fingerprint density at radius 2 is 1.79 bits per heavy atom. The second kappa shape index (κ2) is 8.81. The first-order valence-electron chi connectivity index (χ1n) is 4.52. The summed E-state index contributed by atoms with van der Waals surface area (Å²) in [7, 11) is 0. The second-order valence-corrected chi connectivity index (χ2v) is 3.08. The Hall–Kier alpha value is -0.770. The molecule has 5 heteroatoms. The number of carboxylic acid groups (broad SMARTS) is 2. The fourth-order valence-electron chi connectivity index (χ4n) is 1.17. The van der Waals surface area contributed by atoms with E-state index in [0.717, 1.165) is 0 Å². The van der Waals surface area contributed by atoms with Crippen LogP contribution in [0, 0.1) is 5.92 Å². The lowest BCUT2D eigenvalue weighted by atomic mass is 9.99. The van der Waals surface area contributed by atoms with Crippen LogP contribution in [-0.2, 0) is 9.59 Å². The molecule has 0 aliphatic heterocycles. The number of rotatable bonds is 7. The molecule has 0 radical (unpaired) electrons. The molecule has 0 aromatic rings. The van der Waals surface area contributed by atoms with Crippen molar-refractivity contribution in [3.05, 3.63) is 0 Å². The third-order valence-electron chi connectivity index (χ3n) is 2.04. The van der Waals surface area contributed by atoms with Gasteiger partial charge in [-0.25, -0.2) is 0 Å². The van der Waals surface area contributed by atoms with Gasteiger partial charge in [0.1, 0.15) is 0 Å². The first kappa shape index (κ1) is 15.7. The zero-order valence-corrected chi connectivity index (χ0v) is 9.05. The van der Waals surface area contributed by atoms with E-state index in [0.29, 0.717) is 25.7 Å². The van der Waals surface area contributed by atoms with Crippen LogP contribution in [0.3, 0.4) is 0 Å². The van der Waals surface area contributed by atoms with Crippen LogP contribution < -0.4 is 0 Å². The van der Waals surface area contributed by atoms with Crippen molar-refractivity contribution in [2.24, 2.45) is 5.92 Å². The minimum atomic E-state index is -0.816. The lowest BCUT2D eigenvalue weighted by Gasteiger charge is -2.07. The summed E-state index contributed by atoms with van der Waals surface area (Å²) >= 11 is 0. The van der Waals surface area contributed by atoms with Gasteiger partial charge in [-0.05, 0) is 19.3 Å². The van der Waals surface area contributed by atoms with Crippen LogP contribution in [0.2, 0.25) is 0 Å². The van der Waals surface area contributed by atoms with Crippen LogP contribution in [0.4, 0.5) is 0 Å². The molecule has 0 aromatic heterocycles. The van der Waals surface area contributed by atoms with E-state index >= 15 is 0 Å². The number of hydrogen-bond donors (Lipinski definition) is 2. The maximum absolute atomic E-state index is 10.5. The van der Waals surface area contributed by atoms with Gasteiger partial charge in [0.2, 0.25) is 0 Å². The van der Waals surface area contributed by atoms with Crippen molar-refractivity contribution in [3.8, 4) is 0 Å². The molecule has 0 aliphatic carbocycles. The van der Waals surface area contributed by atoms with Crippen molar-refractivity contribution in [1.29, 1.82) is 0 Å². The third kappa shape index (κ3) is 7.86. The highest BCUT2D eigenvalue weighted by molar-refractivity contribution is 5.85. The quantitative estimate of drug-likeness (QED) is 0.650. The number of carbonyl (C=O) groups is 2. The van der Waals surface area contributed by atoms with E-state index in [1.807, 2.05) is 6.92 Å². The zero-order chi connectivity index (χ0) is 10.3. The summed E-state index contributed by atoms with van der Waals surface area (Å²) in [5.41, 5.74) is 0. The van der Waals surface area contributed by atoms with Crippen LogP contribution >= 0.6 is 12.4 Å². The van der Waals surface area contributed by atoms with E-state index in [4.69, 9.17) is 10.2 Å². The smallest absolute Gasteiger partial charge is 0.306 e. The van der Waals surface area contributed by atoms with Crippen molar-refractivity contribution in [2.45, 2.75) is 39.0 Å². The van der Waals surface area contributed by atoms with Crippen LogP contribution in [0.25, 0.3) is 0 Å². The van der Waals surface area contributed by atoms with E-state index < -0.39 is 11.9 Å². The Kier molecular flexibility index (Phi) is 9.88. The van der Waals surface area contributed by atoms with Crippen molar-refractivity contribution in [3.63, 3.8) is 0 Å². The lowest BCUT2D eigenvalue weighted by Crippen LogP contribution is -2.12. The fraction of sp³-hybridized carbons (Fsp3) is 0.778. The topological polar surface area (TPSA) is 74.6 Å². The standard InChI is InChI=1S/C9H16O4.ClH/c1-2-7(9(12)13)5-3-4-6-8(10)11;/h7H,2-6H2,1H3,(H,10,11)(H,12,13);1H. The minimum Gasteiger partial charge on any atom is -0.481 e. The van der Waals surface area contributed by atoms with E-state index in [1.165, 1.54) is 0 Å². The summed E-state index contributed by atoms with van der Waals surface area (Å²) < 4.78 is 0. The molecule has 0 bridgehead atoms. The average molecular weight is 225 g/mol. The molecule has 0 aromatic carbocycles. The average Bonchev–Trinajstić information content (AvgIpc) is 2.03. The number of carboxylic acids is 2. The van der Waals surface area contributed by atoms with Crippen LogP contribution in [-0.4, -0.2) is 22.2 Å². The van der Waals surface area contributed by atoms with Gasteiger partial charge >= 0.3 is 11.9 Å². The van der Waals surface area contributed by atoms with Gasteiger partial charge in [-0.2, -0.15) is 0 Å². The van der Waals surface area contributed by atoms with Gasteiger partial charge in [0.05, 0.1) is 5.92 Å². The maximum Gasteiger partial charge on any atom is 0.306 e. The Balaban J connectivity index is 0. The Morgan fingerprint density at radius 1 is 1.21 bits per heavy atom. The minimum absolute atomic E-state index is 0. The van der Waals surface area contributed by atoms with Gasteiger partial charge in [0, 0.05) is 6.42 Å². The van der Waals surface area contributed by atoms with E-state index in [-0.39, 0.29) is 24.7 Å². The molecule has 0 aliphatic rings. The number of hydrogen-bond acceptors (Lipinski definition) is 2. The molecule has 0 rings (SSSR count). The number of aliphatic carboxylic acids is 2. The SMILES string of the molecule is CCC(CCCCC(=O)O)C(=O)O.Cl. The molecule has 84 valence electrons. The highest BCUT2D eigenvalue weighted by Crippen LogP contribution is 2.13. The first-order valence-corrected chi connectivity index (χ1v) is 4.52. The molecular weight excluding hydrogens is 208 g/mol. The second-order valence-electron chi connectivity index (χ2n) is 3.08. The van der Waals surface area contributed by atoms with Gasteiger partial charge in [0.25, 0.3) is 0 Å². The summed E-state index contributed by atoms with van der Waals surface area (Å²) in [5.74, 6) is -1.91. The fourth-order valence-corrected chi connectivity index (χ4v) is 1.17. The third-order valence-corrected chi connectivity index (χ3v) is 2.04. The predicted octanol–water partition coefficient (Wildman–Crippen LogP) is 2.16. The Labute approximate surface area is 89.7 Å². The highest BCUT2D eigenvalue weighted by Gasteiger charge is 2.13. The molecular formula is C9H17ClO4. The van der Waals surface area contributed by atoms with E-state index in [9.17, 15) is 9.59 Å². The Bertz CT molecular complexity index is 182. The Morgan fingerprint density at radius 3 is 2.14 bits per heavy atom. The monoisotopic (exact) mass is 224 g/mol. The largest absolute Gasteiger partial charge is 0.481 e. The van der Waals surface area contributed by atoms with Crippen LogP contribution in [0.1, 0.15) is 39.0 Å². The molecule has 1 unspecified atom stereocenters. The number of halogens is 1. The lowest BCUT2D eigenvalue weighted by molar-refractivity contribution is -0.142. The van der Waals surface area contributed by atoms with Crippen LogP contribution in [0.5, 0.6) is 0 Å². The number of unbranched alkanes of at least 4 members (excludes halogenated alkanes) is 1. The molecule has 0 amide bonds. The summed E-state index contributed by atoms with van der Waals surface area (Å²) in [6.07, 6.45) is 2.58. The normalized spacial score (nSPS) is 11.5. The highest BCUT2D eigenvalue weighted by atomic mass is 35.5. The zero-order valence-electron chi connectivity index (χ0n) is 8.23. The summed E-state index contributed by atoms with van der Waals surface area (Å²) in [5, 5.41) is 17.0. The molecule has 0 fully saturated rings. The van der Waals surface area contributed by atoms with Gasteiger partial charge in [0.15, 0.2) is 0 Å². The molecule has 4 nitrogen and oxygen atoms in total. The summed E-state index contributed by atoms with van der Waals surface area (Å²) in [6.45, 7) is 1.83. The molecule has 0 spiro atoms. The molecule has 14 heavy (non-hydrogen) atoms.